The fourth-order valence-electron chi connectivity index (χ4n) is 2.11. The first kappa shape index (κ1) is 9.96. The second-order valence-corrected chi connectivity index (χ2v) is 4.07. The van der Waals surface area contributed by atoms with Gasteiger partial charge in [0.25, 0.3) is 0 Å². The highest BCUT2D eigenvalue weighted by atomic mass is 16.4. The Bertz CT molecular complexity index is 442. The topological polar surface area (TPSA) is 67.5 Å². The van der Waals surface area contributed by atoms with E-state index in [0.29, 0.717) is 24.4 Å². The molecule has 0 bridgehead atoms. The van der Waals surface area contributed by atoms with E-state index in [4.69, 9.17) is 9.52 Å². The number of furan rings is 1. The fourth-order valence-corrected chi connectivity index (χ4v) is 2.11. The molecule has 0 radical (unpaired) electrons. The van der Waals surface area contributed by atoms with Crippen LogP contribution in [0.25, 0.3) is 0 Å². The number of carboxylic acids is 1. The van der Waals surface area contributed by atoms with Gasteiger partial charge in [0.05, 0.1) is 5.56 Å². The molecule has 0 aromatic carbocycles. The van der Waals surface area contributed by atoms with Crippen molar-refractivity contribution in [3.05, 3.63) is 22.6 Å². The Morgan fingerprint density at radius 1 is 1.47 bits per heavy atom. The SMILES string of the molecule is Cc1oc2c(c1C(=O)O)C(=O)CC(C)C2. The third-order valence-electron chi connectivity index (χ3n) is 2.72. The Hall–Kier alpha value is -1.58. The standard InChI is InChI=1S/C11H12O4/c1-5-3-7(12)10-8(4-5)15-6(2)9(10)11(13)14/h5H,3-4H2,1-2H3,(H,13,14). The Labute approximate surface area is 86.9 Å². The quantitative estimate of drug-likeness (QED) is 0.766. The molecule has 0 saturated heterocycles. The third-order valence-corrected chi connectivity index (χ3v) is 2.72. The maximum atomic E-state index is 11.7. The summed E-state index contributed by atoms with van der Waals surface area (Å²) in [5, 5.41) is 8.98. The first-order chi connectivity index (χ1) is 7.00. The normalized spacial score (nSPS) is 20.1. The van der Waals surface area contributed by atoms with Crippen LogP contribution in [0.4, 0.5) is 0 Å². The van der Waals surface area contributed by atoms with Gasteiger partial charge in [-0.15, -0.1) is 0 Å². The van der Waals surface area contributed by atoms with Gasteiger partial charge >= 0.3 is 5.97 Å². The van der Waals surface area contributed by atoms with Gasteiger partial charge in [-0.05, 0) is 12.8 Å². The van der Waals surface area contributed by atoms with Crippen molar-refractivity contribution in [3.8, 4) is 0 Å². The van der Waals surface area contributed by atoms with Crippen LogP contribution in [-0.2, 0) is 6.42 Å². The maximum absolute atomic E-state index is 11.7. The first-order valence-corrected chi connectivity index (χ1v) is 4.89. The summed E-state index contributed by atoms with van der Waals surface area (Å²) < 4.78 is 5.34. The molecule has 15 heavy (non-hydrogen) atoms. The van der Waals surface area contributed by atoms with E-state index in [1.165, 1.54) is 0 Å². The summed E-state index contributed by atoms with van der Waals surface area (Å²) >= 11 is 0. The molecule has 1 aliphatic rings. The largest absolute Gasteiger partial charge is 0.478 e. The van der Waals surface area contributed by atoms with E-state index in [2.05, 4.69) is 0 Å². The summed E-state index contributed by atoms with van der Waals surface area (Å²) in [7, 11) is 0. The zero-order valence-electron chi connectivity index (χ0n) is 8.66. The molecule has 0 aliphatic heterocycles. The molecule has 1 heterocycles. The molecule has 1 unspecified atom stereocenters. The Kier molecular flexibility index (Phi) is 2.14. The molecule has 1 atom stereocenters. The van der Waals surface area contributed by atoms with E-state index < -0.39 is 5.97 Å². The lowest BCUT2D eigenvalue weighted by molar-refractivity contribution is 0.0689. The molecule has 2 rings (SSSR count). The van der Waals surface area contributed by atoms with E-state index in [-0.39, 0.29) is 22.8 Å². The zero-order valence-corrected chi connectivity index (χ0v) is 8.66. The molecule has 0 spiro atoms. The van der Waals surface area contributed by atoms with Crippen molar-refractivity contribution < 1.29 is 19.1 Å². The molecule has 4 nitrogen and oxygen atoms in total. The van der Waals surface area contributed by atoms with E-state index in [1.54, 1.807) is 6.92 Å². The smallest absolute Gasteiger partial charge is 0.340 e. The van der Waals surface area contributed by atoms with Gasteiger partial charge in [0.1, 0.15) is 17.1 Å². The van der Waals surface area contributed by atoms with Crippen molar-refractivity contribution in [3.63, 3.8) is 0 Å². The number of fused-ring (bicyclic) bond motifs is 1. The van der Waals surface area contributed by atoms with Gasteiger partial charge in [0.15, 0.2) is 5.78 Å². The Morgan fingerprint density at radius 2 is 2.13 bits per heavy atom. The molecule has 1 aromatic rings. The molecule has 1 N–H and O–H groups in total. The molecular formula is C11H12O4. The predicted molar refractivity (Wildman–Crippen MR) is 52.2 cm³/mol. The molecule has 0 fully saturated rings. The second kappa shape index (κ2) is 3.22. The second-order valence-electron chi connectivity index (χ2n) is 4.07. The monoisotopic (exact) mass is 208 g/mol. The third kappa shape index (κ3) is 1.46. The van der Waals surface area contributed by atoms with Crippen LogP contribution in [0.2, 0.25) is 0 Å². The lowest BCUT2D eigenvalue weighted by Gasteiger charge is -2.15. The van der Waals surface area contributed by atoms with Gasteiger partial charge < -0.3 is 9.52 Å². The number of carbonyl (C=O) groups is 2. The van der Waals surface area contributed by atoms with Crippen LogP contribution in [0, 0.1) is 12.8 Å². The summed E-state index contributed by atoms with van der Waals surface area (Å²) in [6.45, 7) is 3.54. The highest BCUT2D eigenvalue weighted by molar-refractivity contribution is 6.07. The molecule has 0 amide bonds. The molecule has 0 saturated carbocycles. The number of aryl methyl sites for hydroxylation is 1. The minimum absolute atomic E-state index is 0.0434. The minimum Gasteiger partial charge on any atom is -0.478 e. The number of ketones is 1. The first-order valence-electron chi connectivity index (χ1n) is 4.89. The number of Topliss-reactive ketones (excluding diaryl/α,β-unsaturated/α-hetero) is 1. The van der Waals surface area contributed by atoms with E-state index in [0.717, 1.165) is 0 Å². The number of hydrogen-bond donors (Lipinski definition) is 1. The fraction of sp³-hybridized carbons (Fsp3) is 0.455. The Morgan fingerprint density at radius 3 is 2.73 bits per heavy atom. The van der Waals surface area contributed by atoms with Gasteiger partial charge in [-0.3, -0.25) is 4.79 Å². The van der Waals surface area contributed by atoms with Crippen LogP contribution < -0.4 is 0 Å². The minimum atomic E-state index is -1.08. The van der Waals surface area contributed by atoms with Gasteiger partial charge in [0, 0.05) is 12.8 Å². The average molecular weight is 208 g/mol. The molecule has 1 aromatic heterocycles. The summed E-state index contributed by atoms with van der Waals surface area (Å²) in [6, 6.07) is 0. The molecule has 80 valence electrons. The van der Waals surface area contributed by atoms with E-state index in [9.17, 15) is 9.59 Å². The van der Waals surface area contributed by atoms with Crippen LogP contribution in [0.5, 0.6) is 0 Å². The van der Waals surface area contributed by atoms with Gasteiger partial charge in [-0.2, -0.15) is 0 Å². The van der Waals surface area contributed by atoms with Crippen molar-refractivity contribution in [2.24, 2.45) is 5.92 Å². The number of carbonyl (C=O) groups excluding carboxylic acids is 1. The number of hydrogen-bond acceptors (Lipinski definition) is 3. The van der Waals surface area contributed by atoms with Crippen molar-refractivity contribution in [1.82, 2.24) is 0 Å². The lowest BCUT2D eigenvalue weighted by Crippen LogP contribution is -2.18. The molecular weight excluding hydrogens is 196 g/mol. The lowest BCUT2D eigenvalue weighted by atomic mass is 9.87. The van der Waals surface area contributed by atoms with Crippen LogP contribution in [0.3, 0.4) is 0 Å². The van der Waals surface area contributed by atoms with E-state index >= 15 is 0 Å². The van der Waals surface area contributed by atoms with Crippen LogP contribution in [0.15, 0.2) is 4.42 Å². The highest BCUT2D eigenvalue weighted by Gasteiger charge is 2.32. The van der Waals surface area contributed by atoms with Gasteiger partial charge in [-0.1, -0.05) is 6.92 Å². The van der Waals surface area contributed by atoms with Crippen LogP contribution in [0.1, 0.15) is 45.6 Å². The summed E-state index contributed by atoms with van der Waals surface area (Å²) in [5.41, 5.74) is 0.333. The van der Waals surface area contributed by atoms with Crippen molar-refractivity contribution in [1.29, 1.82) is 0 Å². The van der Waals surface area contributed by atoms with Crippen LogP contribution >= 0.6 is 0 Å². The summed E-state index contributed by atoms with van der Waals surface area (Å²) in [6.07, 6.45) is 1.06. The van der Waals surface area contributed by atoms with Crippen molar-refractivity contribution in [2.75, 3.05) is 0 Å². The summed E-state index contributed by atoms with van der Waals surface area (Å²) in [4.78, 5) is 22.7. The van der Waals surface area contributed by atoms with Crippen molar-refractivity contribution in [2.45, 2.75) is 26.7 Å². The average Bonchev–Trinajstić information content (AvgIpc) is 2.40. The van der Waals surface area contributed by atoms with Crippen LogP contribution in [-0.4, -0.2) is 16.9 Å². The number of rotatable bonds is 1. The molecule has 1 aliphatic carbocycles. The van der Waals surface area contributed by atoms with E-state index in [1.807, 2.05) is 6.92 Å². The number of aromatic carboxylic acids is 1. The van der Waals surface area contributed by atoms with Gasteiger partial charge in [0.2, 0.25) is 0 Å². The predicted octanol–water partition coefficient (Wildman–Crippen LogP) is 2.05. The molecule has 4 heteroatoms. The maximum Gasteiger partial charge on any atom is 0.340 e. The van der Waals surface area contributed by atoms with Crippen molar-refractivity contribution >= 4 is 11.8 Å². The summed E-state index contributed by atoms with van der Waals surface area (Å²) in [5.74, 6) is -0.0980. The van der Waals surface area contributed by atoms with Gasteiger partial charge in [-0.25, -0.2) is 4.79 Å². The Balaban J connectivity index is 2.61. The number of carboxylic acid groups (broad SMARTS) is 1. The highest BCUT2D eigenvalue weighted by Crippen LogP contribution is 2.31. The zero-order chi connectivity index (χ0) is 11.2.